The molecule has 100 valence electrons. The molecule has 1 aromatic carbocycles. The second-order valence-electron chi connectivity index (χ2n) is 4.19. The Balaban J connectivity index is 2.66. The molecule has 0 radical (unpaired) electrons. The van der Waals surface area contributed by atoms with Crippen LogP contribution >= 0.6 is 15.9 Å². The molecule has 0 spiro atoms. The number of aromatic nitrogens is 2. The molecule has 2 rings (SSSR count). The van der Waals surface area contributed by atoms with Crippen molar-refractivity contribution in [1.29, 1.82) is 0 Å². The van der Waals surface area contributed by atoms with Gasteiger partial charge in [-0.05, 0) is 47.5 Å². The zero-order chi connectivity index (χ0) is 14.0. The second kappa shape index (κ2) is 5.57. The lowest BCUT2D eigenvalue weighted by Gasteiger charge is -2.13. The number of halogens is 1. The molecule has 0 saturated carbocycles. The number of aryl methyl sites for hydroxylation is 2. The molecule has 2 aromatic rings. The second-order valence-corrected chi connectivity index (χ2v) is 4.89. The Morgan fingerprint density at radius 3 is 2.32 bits per heavy atom. The largest absolute Gasteiger partial charge is 0.497 e. The molecule has 1 heterocycles. The van der Waals surface area contributed by atoms with E-state index in [9.17, 15) is 0 Å². The summed E-state index contributed by atoms with van der Waals surface area (Å²) >= 11 is 3.32. The summed E-state index contributed by atoms with van der Waals surface area (Å²) in [5.41, 5.74) is 3.72. The van der Waals surface area contributed by atoms with E-state index in [4.69, 9.17) is 9.47 Å². The SMILES string of the molecule is COc1cc(C)c(-c2cc(C)nc(Br)n2)c(OC)c1. The van der Waals surface area contributed by atoms with Crippen LogP contribution in [0.1, 0.15) is 11.3 Å². The van der Waals surface area contributed by atoms with E-state index in [1.807, 2.05) is 32.0 Å². The molecule has 0 fully saturated rings. The molecule has 1 aromatic heterocycles. The van der Waals surface area contributed by atoms with Crippen LogP contribution in [0.15, 0.2) is 22.9 Å². The van der Waals surface area contributed by atoms with Crippen LogP contribution in [0, 0.1) is 13.8 Å². The summed E-state index contributed by atoms with van der Waals surface area (Å²) in [6.07, 6.45) is 0. The van der Waals surface area contributed by atoms with E-state index >= 15 is 0 Å². The zero-order valence-corrected chi connectivity index (χ0v) is 12.9. The minimum atomic E-state index is 0.569. The number of hydrogen-bond acceptors (Lipinski definition) is 4. The molecule has 19 heavy (non-hydrogen) atoms. The first-order valence-corrected chi connectivity index (χ1v) is 6.58. The molecule has 0 unspecified atom stereocenters. The van der Waals surface area contributed by atoms with Crippen molar-refractivity contribution < 1.29 is 9.47 Å². The van der Waals surface area contributed by atoms with Gasteiger partial charge in [0.2, 0.25) is 0 Å². The summed E-state index contributed by atoms with van der Waals surface area (Å²) in [4.78, 5) is 8.63. The number of benzene rings is 1. The Morgan fingerprint density at radius 1 is 1.00 bits per heavy atom. The van der Waals surface area contributed by atoms with Gasteiger partial charge in [0.25, 0.3) is 0 Å². The number of nitrogens with zero attached hydrogens (tertiary/aromatic N) is 2. The highest BCUT2D eigenvalue weighted by Gasteiger charge is 2.14. The van der Waals surface area contributed by atoms with Crippen molar-refractivity contribution in [1.82, 2.24) is 9.97 Å². The fourth-order valence-corrected chi connectivity index (χ4v) is 2.46. The molecule has 0 atom stereocenters. The maximum absolute atomic E-state index is 5.45. The molecular formula is C14H15BrN2O2. The molecule has 0 aliphatic carbocycles. The minimum absolute atomic E-state index is 0.569. The molecule has 0 aliphatic heterocycles. The van der Waals surface area contributed by atoms with Crippen LogP contribution in [0.25, 0.3) is 11.3 Å². The normalized spacial score (nSPS) is 10.4. The van der Waals surface area contributed by atoms with Gasteiger partial charge < -0.3 is 9.47 Å². The van der Waals surface area contributed by atoms with Gasteiger partial charge in [-0.3, -0.25) is 0 Å². The van der Waals surface area contributed by atoms with E-state index < -0.39 is 0 Å². The summed E-state index contributed by atoms with van der Waals surface area (Å²) < 4.78 is 11.3. The van der Waals surface area contributed by atoms with Crippen molar-refractivity contribution in [2.24, 2.45) is 0 Å². The summed E-state index contributed by atoms with van der Waals surface area (Å²) in [5, 5.41) is 0. The van der Waals surface area contributed by atoms with Crippen molar-refractivity contribution in [2.75, 3.05) is 14.2 Å². The average molecular weight is 323 g/mol. The van der Waals surface area contributed by atoms with Crippen molar-refractivity contribution in [3.05, 3.63) is 34.2 Å². The summed E-state index contributed by atoms with van der Waals surface area (Å²) in [5.74, 6) is 1.50. The van der Waals surface area contributed by atoms with Gasteiger partial charge in [0.15, 0.2) is 4.73 Å². The molecule has 0 bridgehead atoms. The first kappa shape index (κ1) is 13.8. The van der Waals surface area contributed by atoms with Gasteiger partial charge in [0.1, 0.15) is 11.5 Å². The maximum Gasteiger partial charge on any atom is 0.197 e. The summed E-state index contributed by atoms with van der Waals surface area (Å²) in [6, 6.07) is 5.75. The molecule has 0 amide bonds. The third-order valence-electron chi connectivity index (χ3n) is 2.81. The van der Waals surface area contributed by atoms with Crippen LogP contribution in [0.5, 0.6) is 11.5 Å². The van der Waals surface area contributed by atoms with Gasteiger partial charge in [-0.2, -0.15) is 0 Å². The van der Waals surface area contributed by atoms with Crippen LogP contribution in [-0.2, 0) is 0 Å². The monoisotopic (exact) mass is 322 g/mol. The topological polar surface area (TPSA) is 44.2 Å². The highest BCUT2D eigenvalue weighted by molar-refractivity contribution is 9.10. The summed E-state index contributed by atoms with van der Waals surface area (Å²) in [6.45, 7) is 3.94. The smallest absolute Gasteiger partial charge is 0.197 e. The molecule has 0 saturated heterocycles. The first-order valence-electron chi connectivity index (χ1n) is 5.79. The highest BCUT2D eigenvalue weighted by atomic mass is 79.9. The van der Waals surface area contributed by atoms with Crippen LogP contribution in [0.3, 0.4) is 0 Å². The molecule has 0 N–H and O–H groups in total. The quantitative estimate of drug-likeness (QED) is 0.811. The lowest BCUT2D eigenvalue weighted by atomic mass is 10.0. The van der Waals surface area contributed by atoms with E-state index in [1.165, 1.54) is 0 Å². The van der Waals surface area contributed by atoms with E-state index in [2.05, 4.69) is 25.9 Å². The number of rotatable bonds is 3. The average Bonchev–Trinajstić information content (AvgIpc) is 2.36. The first-order chi connectivity index (χ1) is 9.05. The number of hydrogen-bond donors (Lipinski definition) is 0. The fourth-order valence-electron chi connectivity index (χ4n) is 1.99. The van der Waals surface area contributed by atoms with Crippen molar-refractivity contribution in [2.45, 2.75) is 13.8 Å². The molecule has 5 heteroatoms. The lowest BCUT2D eigenvalue weighted by molar-refractivity contribution is 0.395. The molecule has 0 aliphatic rings. The molecule has 4 nitrogen and oxygen atoms in total. The highest BCUT2D eigenvalue weighted by Crippen LogP contribution is 2.36. The van der Waals surface area contributed by atoms with Crippen LogP contribution in [-0.4, -0.2) is 24.2 Å². The third kappa shape index (κ3) is 2.87. The van der Waals surface area contributed by atoms with Gasteiger partial charge in [0, 0.05) is 17.3 Å². The third-order valence-corrected chi connectivity index (χ3v) is 3.17. The molecular weight excluding hydrogens is 308 g/mol. The van der Waals surface area contributed by atoms with Gasteiger partial charge in [-0.25, -0.2) is 9.97 Å². The predicted octanol–water partition coefficient (Wildman–Crippen LogP) is 3.54. The van der Waals surface area contributed by atoms with Gasteiger partial charge in [-0.1, -0.05) is 0 Å². The summed E-state index contributed by atoms with van der Waals surface area (Å²) in [7, 11) is 3.28. The van der Waals surface area contributed by atoms with Gasteiger partial charge >= 0.3 is 0 Å². The van der Waals surface area contributed by atoms with Crippen molar-refractivity contribution in [3.63, 3.8) is 0 Å². The van der Waals surface area contributed by atoms with E-state index in [1.54, 1.807) is 14.2 Å². The van der Waals surface area contributed by atoms with Crippen LogP contribution < -0.4 is 9.47 Å². The van der Waals surface area contributed by atoms with Gasteiger partial charge in [0.05, 0.1) is 19.9 Å². The Morgan fingerprint density at radius 2 is 1.74 bits per heavy atom. The zero-order valence-electron chi connectivity index (χ0n) is 11.3. The van der Waals surface area contributed by atoms with Crippen molar-refractivity contribution >= 4 is 15.9 Å². The van der Waals surface area contributed by atoms with E-state index in [0.29, 0.717) is 4.73 Å². The Bertz CT molecular complexity index is 594. The number of ether oxygens (including phenoxy) is 2. The lowest BCUT2D eigenvalue weighted by Crippen LogP contribution is -1.97. The maximum atomic E-state index is 5.45. The van der Waals surface area contributed by atoms with E-state index in [-0.39, 0.29) is 0 Å². The number of methoxy groups -OCH3 is 2. The van der Waals surface area contributed by atoms with Crippen LogP contribution in [0.2, 0.25) is 0 Å². The van der Waals surface area contributed by atoms with Crippen molar-refractivity contribution in [3.8, 4) is 22.8 Å². The standard InChI is InChI=1S/C14H15BrN2O2/c1-8-5-10(18-3)7-12(19-4)13(8)11-6-9(2)16-14(15)17-11/h5-7H,1-4H3. The van der Waals surface area contributed by atoms with Crippen LogP contribution in [0.4, 0.5) is 0 Å². The predicted molar refractivity (Wildman–Crippen MR) is 77.7 cm³/mol. The fraction of sp³-hybridized carbons (Fsp3) is 0.286. The minimum Gasteiger partial charge on any atom is -0.497 e. The van der Waals surface area contributed by atoms with E-state index in [0.717, 1.165) is 34.0 Å². The van der Waals surface area contributed by atoms with Gasteiger partial charge in [-0.15, -0.1) is 0 Å². The Kier molecular flexibility index (Phi) is 4.04. The Labute approximate surface area is 120 Å². The Hall–Kier alpha value is -1.62.